The van der Waals surface area contributed by atoms with Crippen molar-refractivity contribution in [2.45, 2.75) is 13.0 Å². The van der Waals surface area contributed by atoms with Crippen molar-refractivity contribution in [2.24, 2.45) is 0 Å². The van der Waals surface area contributed by atoms with Gasteiger partial charge in [0.2, 0.25) is 0 Å². The fourth-order valence-electron chi connectivity index (χ4n) is 2.88. The summed E-state index contributed by atoms with van der Waals surface area (Å²) in [7, 11) is 0. The first-order valence-corrected chi connectivity index (χ1v) is 9.74. The molecule has 1 atom stereocenters. The quantitative estimate of drug-likeness (QED) is 0.646. The first kappa shape index (κ1) is 20.6. The summed E-state index contributed by atoms with van der Waals surface area (Å²) in [4.78, 5) is 37.1. The molecule has 0 fully saturated rings. The zero-order valence-corrected chi connectivity index (χ0v) is 17.2. The van der Waals surface area contributed by atoms with Crippen LogP contribution in [-0.2, 0) is 14.3 Å². The molecule has 1 aliphatic heterocycles. The Morgan fingerprint density at radius 2 is 1.69 bits per heavy atom. The summed E-state index contributed by atoms with van der Waals surface area (Å²) >= 11 is 3.30. The molecule has 0 aromatic heterocycles. The van der Waals surface area contributed by atoms with Gasteiger partial charge >= 0.3 is 18.0 Å². The molecule has 1 aliphatic rings. The molecule has 0 saturated heterocycles. The third-order valence-corrected chi connectivity index (χ3v) is 4.74. The minimum atomic E-state index is -0.717. The number of hydrogen-bond acceptors (Lipinski definition) is 5. The summed E-state index contributed by atoms with van der Waals surface area (Å²) in [6.07, 6.45) is 0. The van der Waals surface area contributed by atoms with Crippen LogP contribution in [-0.4, -0.2) is 31.2 Å². The Bertz CT molecular complexity index is 941. The van der Waals surface area contributed by atoms with Crippen LogP contribution in [0, 0.1) is 0 Å². The third kappa shape index (κ3) is 5.03. The number of ether oxygens (including phenoxy) is 2. The number of nitrogens with one attached hydrogen (secondary N) is 2. The van der Waals surface area contributed by atoms with Gasteiger partial charge in [0, 0.05) is 4.47 Å². The molecule has 0 bridgehead atoms. The van der Waals surface area contributed by atoms with Gasteiger partial charge in [0.15, 0.2) is 0 Å². The minimum Gasteiger partial charge on any atom is -0.463 e. The van der Waals surface area contributed by atoms with Crippen molar-refractivity contribution in [1.29, 1.82) is 0 Å². The topological polar surface area (TPSA) is 93.7 Å². The Morgan fingerprint density at radius 1 is 1.00 bits per heavy atom. The van der Waals surface area contributed by atoms with E-state index in [1.165, 1.54) is 0 Å². The van der Waals surface area contributed by atoms with E-state index in [0.29, 0.717) is 11.1 Å². The maximum atomic E-state index is 12.6. The van der Waals surface area contributed by atoms with Gasteiger partial charge in [-0.15, -0.1) is 0 Å². The SMILES string of the molecule is CCOC(=O)C1=C(COC(=O)c2ccc(Br)cc2)NC(=O)NC1c1ccccc1. The third-order valence-electron chi connectivity index (χ3n) is 4.21. The van der Waals surface area contributed by atoms with Crippen LogP contribution in [0.1, 0.15) is 28.9 Å². The molecule has 2 amide bonds. The maximum Gasteiger partial charge on any atom is 0.338 e. The summed E-state index contributed by atoms with van der Waals surface area (Å²) in [6.45, 7) is 1.58. The van der Waals surface area contributed by atoms with Gasteiger partial charge in [-0.1, -0.05) is 46.3 Å². The molecule has 2 N–H and O–H groups in total. The number of carbonyl (C=O) groups excluding carboxylic acids is 3. The average molecular weight is 459 g/mol. The minimum absolute atomic E-state index is 0.170. The average Bonchev–Trinajstić information content (AvgIpc) is 2.72. The van der Waals surface area contributed by atoms with Crippen LogP contribution in [0.4, 0.5) is 4.79 Å². The molecule has 7 nitrogen and oxygen atoms in total. The summed E-state index contributed by atoms with van der Waals surface area (Å²) in [5, 5.41) is 5.29. The molecular weight excluding hydrogens is 440 g/mol. The predicted molar refractivity (Wildman–Crippen MR) is 109 cm³/mol. The van der Waals surface area contributed by atoms with Crippen molar-refractivity contribution >= 4 is 33.9 Å². The monoisotopic (exact) mass is 458 g/mol. The van der Waals surface area contributed by atoms with E-state index in [9.17, 15) is 14.4 Å². The van der Waals surface area contributed by atoms with Crippen LogP contribution in [0.3, 0.4) is 0 Å². The molecule has 3 rings (SSSR count). The molecule has 150 valence electrons. The zero-order chi connectivity index (χ0) is 20.8. The van der Waals surface area contributed by atoms with E-state index in [4.69, 9.17) is 9.47 Å². The standard InChI is InChI=1S/C21H19BrN2O5/c1-2-28-20(26)17-16(12-29-19(25)14-8-10-15(22)11-9-14)23-21(27)24-18(17)13-6-4-3-5-7-13/h3-11,18H,2,12H2,1H3,(H2,23,24,27). The highest BCUT2D eigenvalue weighted by Crippen LogP contribution is 2.28. The molecule has 1 unspecified atom stereocenters. The van der Waals surface area contributed by atoms with E-state index in [1.807, 2.05) is 6.07 Å². The van der Waals surface area contributed by atoms with E-state index >= 15 is 0 Å². The Labute approximate surface area is 176 Å². The van der Waals surface area contributed by atoms with Crippen LogP contribution in [0.25, 0.3) is 0 Å². The van der Waals surface area contributed by atoms with Gasteiger partial charge in [0.1, 0.15) is 6.61 Å². The van der Waals surface area contributed by atoms with Crippen LogP contribution in [0.5, 0.6) is 0 Å². The number of amides is 2. The second kappa shape index (κ2) is 9.38. The van der Waals surface area contributed by atoms with Gasteiger partial charge in [-0.3, -0.25) is 0 Å². The Morgan fingerprint density at radius 3 is 2.34 bits per heavy atom. The Kier molecular flexibility index (Phi) is 6.66. The molecule has 29 heavy (non-hydrogen) atoms. The van der Waals surface area contributed by atoms with Crippen LogP contribution < -0.4 is 10.6 Å². The highest BCUT2D eigenvalue weighted by Gasteiger charge is 2.34. The first-order valence-electron chi connectivity index (χ1n) is 8.95. The smallest absolute Gasteiger partial charge is 0.338 e. The van der Waals surface area contributed by atoms with E-state index in [2.05, 4.69) is 26.6 Å². The van der Waals surface area contributed by atoms with Gasteiger partial charge in [0.25, 0.3) is 0 Å². The van der Waals surface area contributed by atoms with Gasteiger partial charge in [-0.05, 0) is 36.8 Å². The largest absolute Gasteiger partial charge is 0.463 e. The number of rotatable bonds is 6. The highest BCUT2D eigenvalue weighted by atomic mass is 79.9. The van der Waals surface area contributed by atoms with Gasteiger partial charge in [-0.25, -0.2) is 14.4 Å². The molecule has 0 spiro atoms. The lowest BCUT2D eigenvalue weighted by molar-refractivity contribution is -0.139. The number of urea groups is 1. The lowest BCUT2D eigenvalue weighted by Crippen LogP contribution is -2.47. The first-order chi connectivity index (χ1) is 14.0. The molecule has 0 saturated carbocycles. The van der Waals surface area contributed by atoms with Gasteiger partial charge < -0.3 is 20.1 Å². The molecule has 0 radical (unpaired) electrons. The number of esters is 2. The van der Waals surface area contributed by atoms with Crippen molar-refractivity contribution in [3.63, 3.8) is 0 Å². The molecule has 2 aromatic rings. The molecule has 1 heterocycles. The normalized spacial score (nSPS) is 15.9. The molecule has 2 aromatic carbocycles. The summed E-state index contributed by atoms with van der Waals surface area (Å²) in [5.41, 5.74) is 1.45. The number of hydrogen-bond donors (Lipinski definition) is 2. The van der Waals surface area contributed by atoms with E-state index in [-0.39, 0.29) is 24.5 Å². The lowest BCUT2D eigenvalue weighted by atomic mass is 9.95. The van der Waals surface area contributed by atoms with Crippen molar-refractivity contribution in [3.8, 4) is 0 Å². The van der Waals surface area contributed by atoms with Crippen molar-refractivity contribution < 1.29 is 23.9 Å². The molecule has 0 aliphatic carbocycles. The fraction of sp³-hybridized carbons (Fsp3) is 0.190. The van der Waals surface area contributed by atoms with Crippen molar-refractivity contribution in [1.82, 2.24) is 10.6 Å². The number of halogens is 1. The lowest BCUT2D eigenvalue weighted by Gasteiger charge is -2.29. The fourth-order valence-corrected chi connectivity index (χ4v) is 3.15. The Hall–Kier alpha value is -3.13. The Balaban J connectivity index is 1.89. The van der Waals surface area contributed by atoms with Crippen molar-refractivity contribution in [2.75, 3.05) is 13.2 Å². The molecular formula is C21H19BrN2O5. The predicted octanol–water partition coefficient (Wildman–Crippen LogP) is 3.48. The van der Waals surface area contributed by atoms with Crippen LogP contribution in [0.15, 0.2) is 70.3 Å². The second-order valence-electron chi connectivity index (χ2n) is 6.14. The van der Waals surface area contributed by atoms with E-state index in [1.54, 1.807) is 55.5 Å². The highest BCUT2D eigenvalue weighted by molar-refractivity contribution is 9.10. The second-order valence-corrected chi connectivity index (χ2v) is 7.05. The van der Waals surface area contributed by atoms with Crippen LogP contribution >= 0.6 is 15.9 Å². The summed E-state index contributed by atoms with van der Waals surface area (Å²) in [6, 6.07) is 14.5. The van der Waals surface area contributed by atoms with Gasteiger partial charge in [-0.2, -0.15) is 0 Å². The van der Waals surface area contributed by atoms with Gasteiger partial charge in [0.05, 0.1) is 29.5 Å². The number of carbonyl (C=O) groups is 3. The van der Waals surface area contributed by atoms with Crippen molar-refractivity contribution in [3.05, 3.63) is 81.5 Å². The number of benzene rings is 2. The zero-order valence-electron chi connectivity index (χ0n) is 15.6. The van der Waals surface area contributed by atoms with E-state index < -0.39 is 24.0 Å². The van der Waals surface area contributed by atoms with E-state index in [0.717, 1.165) is 4.47 Å². The summed E-state index contributed by atoms with van der Waals surface area (Å²) < 4.78 is 11.3. The summed E-state index contributed by atoms with van der Waals surface area (Å²) in [5.74, 6) is -1.17. The maximum absolute atomic E-state index is 12.6. The molecule has 8 heteroatoms. The van der Waals surface area contributed by atoms with Crippen LogP contribution in [0.2, 0.25) is 0 Å².